The second kappa shape index (κ2) is 5.27. The second-order valence-electron chi connectivity index (χ2n) is 4.62. The Labute approximate surface area is 111 Å². The number of hydrogen-bond donors (Lipinski definition) is 3. The Morgan fingerprint density at radius 1 is 1.37 bits per heavy atom. The maximum Gasteiger partial charge on any atom is 0.132 e. The van der Waals surface area contributed by atoms with E-state index in [2.05, 4.69) is 25.9 Å². The molecule has 0 saturated carbocycles. The molecular formula is C13H17N5O. The lowest BCUT2D eigenvalue weighted by Gasteiger charge is -2.28. The molecule has 0 amide bonds. The highest BCUT2D eigenvalue weighted by Gasteiger charge is 2.16. The summed E-state index contributed by atoms with van der Waals surface area (Å²) in [6, 6.07) is 6.19. The van der Waals surface area contributed by atoms with Crippen LogP contribution in [0.15, 0.2) is 28.9 Å². The highest BCUT2D eigenvalue weighted by molar-refractivity contribution is 5.48. The fraction of sp³-hybridized carbons (Fsp3) is 0.385. The zero-order chi connectivity index (χ0) is 13.1. The summed E-state index contributed by atoms with van der Waals surface area (Å²) in [5, 5.41) is 9.83. The van der Waals surface area contributed by atoms with Crippen molar-refractivity contribution in [2.45, 2.75) is 19.5 Å². The van der Waals surface area contributed by atoms with Gasteiger partial charge in [0.05, 0.1) is 18.8 Å². The highest BCUT2D eigenvalue weighted by atomic mass is 16.3. The Kier molecular flexibility index (Phi) is 3.33. The number of nitrogens with zero attached hydrogens (tertiary/aromatic N) is 2. The van der Waals surface area contributed by atoms with Crippen molar-refractivity contribution in [3.05, 3.63) is 36.0 Å². The van der Waals surface area contributed by atoms with E-state index in [1.807, 2.05) is 25.1 Å². The molecule has 0 aromatic carbocycles. The molecule has 0 aliphatic carbocycles. The van der Waals surface area contributed by atoms with Crippen molar-refractivity contribution in [2.24, 2.45) is 0 Å². The molecule has 0 radical (unpaired) electrons. The molecule has 6 heteroatoms. The number of aryl methyl sites for hydroxylation is 1. The molecule has 0 atom stereocenters. The van der Waals surface area contributed by atoms with Gasteiger partial charge in [-0.1, -0.05) is 0 Å². The van der Waals surface area contributed by atoms with Crippen LogP contribution in [0.5, 0.6) is 0 Å². The molecule has 3 N–H and O–H groups in total. The Balaban J connectivity index is 1.66. The second-order valence-corrected chi connectivity index (χ2v) is 4.62. The fourth-order valence-electron chi connectivity index (χ4n) is 1.92. The third kappa shape index (κ3) is 3.03. The average Bonchev–Trinajstić information content (AvgIpc) is 2.84. The number of aromatic nitrogens is 2. The third-order valence-electron chi connectivity index (χ3n) is 3.00. The largest absolute Gasteiger partial charge is 0.467 e. The third-order valence-corrected chi connectivity index (χ3v) is 3.00. The van der Waals surface area contributed by atoms with Gasteiger partial charge < -0.3 is 20.4 Å². The highest BCUT2D eigenvalue weighted by Crippen LogP contribution is 2.14. The summed E-state index contributed by atoms with van der Waals surface area (Å²) >= 11 is 0. The normalized spacial score (nSPS) is 15.0. The van der Waals surface area contributed by atoms with Gasteiger partial charge >= 0.3 is 0 Å². The molecule has 100 valence electrons. The molecule has 2 aromatic heterocycles. The monoisotopic (exact) mass is 259 g/mol. The summed E-state index contributed by atoms with van der Waals surface area (Å²) in [5.74, 6) is 3.30. The first kappa shape index (κ1) is 12.0. The number of rotatable bonds is 5. The van der Waals surface area contributed by atoms with Crippen LogP contribution in [0.3, 0.4) is 0 Å². The molecule has 0 unspecified atom stereocenters. The predicted octanol–water partition coefficient (Wildman–Crippen LogP) is 1.37. The van der Waals surface area contributed by atoms with Crippen molar-refractivity contribution in [3.63, 3.8) is 0 Å². The lowest BCUT2D eigenvalue weighted by Crippen LogP contribution is -2.51. The van der Waals surface area contributed by atoms with Gasteiger partial charge in [0.2, 0.25) is 0 Å². The van der Waals surface area contributed by atoms with Crippen LogP contribution in [-0.2, 0) is 6.54 Å². The molecule has 2 aromatic rings. The molecule has 1 aliphatic rings. The lowest BCUT2D eigenvalue weighted by molar-refractivity contribution is 0.471. The van der Waals surface area contributed by atoms with Crippen molar-refractivity contribution in [1.82, 2.24) is 15.3 Å². The van der Waals surface area contributed by atoms with Gasteiger partial charge in [-0.3, -0.25) is 0 Å². The summed E-state index contributed by atoms with van der Waals surface area (Å²) in [5.41, 5.74) is 0. The van der Waals surface area contributed by atoms with Crippen molar-refractivity contribution in [2.75, 3.05) is 23.7 Å². The molecule has 19 heavy (non-hydrogen) atoms. The lowest BCUT2D eigenvalue weighted by atomic mass is 10.2. The van der Waals surface area contributed by atoms with Gasteiger partial charge in [0.1, 0.15) is 23.2 Å². The van der Waals surface area contributed by atoms with Gasteiger partial charge in [-0.2, -0.15) is 0 Å². The van der Waals surface area contributed by atoms with Crippen LogP contribution in [0, 0.1) is 6.92 Å². The molecular weight excluding hydrogens is 242 g/mol. The van der Waals surface area contributed by atoms with Gasteiger partial charge in [-0.15, -0.1) is 0 Å². The molecule has 3 rings (SSSR count). The van der Waals surface area contributed by atoms with Gasteiger partial charge in [0.15, 0.2) is 0 Å². The maximum atomic E-state index is 5.28. The van der Waals surface area contributed by atoms with E-state index in [9.17, 15) is 0 Å². The molecule has 1 saturated heterocycles. The molecule has 3 heterocycles. The molecule has 1 fully saturated rings. The minimum Gasteiger partial charge on any atom is -0.467 e. The van der Waals surface area contributed by atoms with Crippen molar-refractivity contribution in [3.8, 4) is 0 Å². The van der Waals surface area contributed by atoms with E-state index in [1.54, 1.807) is 6.26 Å². The first-order valence-corrected chi connectivity index (χ1v) is 6.39. The van der Waals surface area contributed by atoms with E-state index in [0.717, 1.165) is 36.3 Å². The van der Waals surface area contributed by atoms with Crippen molar-refractivity contribution in [1.29, 1.82) is 0 Å². The minimum absolute atomic E-state index is 0.465. The van der Waals surface area contributed by atoms with Crippen LogP contribution in [0.1, 0.15) is 11.6 Å². The van der Waals surface area contributed by atoms with Crippen molar-refractivity contribution >= 4 is 11.6 Å². The predicted molar refractivity (Wildman–Crippen MR) is 73.1 cm³/mol. The standard InChI is InChI=1S/C13H17N5O/c1-9-16-12(15-8-11-3-2-4-19-11)5-13(17-9)18-10-6-14-7-10/h2-5,10,14H,6-8H2,1H3,(H2,15,16,17,18). The van der Waals surface area contributed by atoms with E-state index in [1.165, 1.54) is 0 Å². The van der Waals surface area contributed by atoms with E-state index in [4.69, 9.17) is 4.42 Å². The van der Waals surface area contributed by atoms with Crippen LogP contribution in [-0.4, -0.2) is 29.1 Å². The van der Waals surface area contributed by atoms with E-state index >= 15 is 0 Å². The summed E-state index contributed by atoms with van der Waals surface area (Å²) in [6.07, 6.45) is 1.67. The average molecular weight is 259 g/mol. The zero-order valence-corrected chi connectivity index (χ0v) is 10.8. The number of hydrogen-bond acceptors (Lipinski definition) is 6. The Morgan fingerprint density at radius 2 is 2.21 bits per heavy atom. The number of furan rings is 1. The first-order valence-electron chi connectivity index (χ1n) is 6.39. The molecule has 0 bridgehead atoms. The summed E-state index contributed by atoms with van der Waals surface area (Å²) in [6.45, 7) is 4.48. The van der Waals surface area contributed by atoms with E-state index in [0.29, 0.717) is 12.6 Å². The van der Waals surface area contributed by atoms with Gasteiger partial charge in [0, 0.05) is 19.2 Å². The first-order chi connectivity index (χ1) is 9.29. The smallest absolute Gasteiger partial charge is 0.132 e. The van der Waals surface area contributed by atoms with Crippen LogP contribution in [0.4, 0.5) is 11.6 Å². The van der Waals surface area contributed by atoms with Gasteiger partial charge in [-0.25, -0.2) is 9.97 Å². The van der Waals surface area contributed by atoms with E-state index in [-0.39, 0.29) is 0 Å². The van der Waals surface area contributed by atoms with Crippen LogP contribution < -0.4 is 16.0 Å². The van der Waals surface area contributed by atoms with Crippen molar-refractivity contribution < 1.29 is 4.42 Å². The van der Waals surface area contributed by atoms with Crippen LogP contribution in [0.25, 0.3) is 0 Å². The molecule has 6 nitrogen and oxygen atoms in total. The quantitative estimate of drug-likeness (QED) is 0.753. The molecule has 1 aliphatic heterocycles. The van der Waals surface area contributed by atoms with Gasteiger partial charge in [-0.05, 0) is 19.1 Å². The maximum absolute atomic E-state index is 5.28. The Hall–Kier alpha value is -2.08. The SMILES string of the molecule is Cc1nc(NCc2ccco2)cc(NC2CNC2)n1. The Morgan fingerprint density at radius 3 is 2.89 bits per heavy atom. The Bertz CT molecular complexity index is 536. The van der Waals surface area contributed by atoms with Crippen LogP contribution in [0.2, 0.25) is 0 Å². The van der Waals surface area contributed by atoms with Gasteiger partial charge in [0.25, 0.3) is 0 Å². The number of anilines is 2. The molecule has 0 spiro atoms. The number of nitrogens with one attached hydrogen (secondary N) is 3. The summed E-state index contributed by atoms with van der Waals surface area (Å²) in [7, 11) is 0. The van der Waals surface area contributed by atoms with E-state index < -0.39 is 0 Å². The van der Waals surface area contributed by atoms with Crippen LogP contribution >= 0.6 is 0 Å². The summed E-state index contributed by atoms with van der Waals surface area (Å²) in [4.78, 5) is 8.75. The fourth-order valence-corrected chi connectivity index (χ4v) is 1.92. The summed E-state index contributed by atoms with van der Waals surface area (Å²) < 4.78 is 5.28. The zero-order valence-electron chi connectivity index (χ0n) is 10.8. The minimum atomic E-state index is 0.465. The topological polar surface area (TPSA) is 75.0 Å².